The number of hydrogen-bond acceptors (Lipinski definition) is 4. The monoisotopic (exact) mass is 589 g/mol. The first-order chi connectivity index (χ1) is 18.4. The van der Waals surface area contributed by atoms with Crippen molar-refractivity contribution in [3.05, 3.63) is 94.0 Å². The third kappa shape index (κ3) is 7.75. The number of carbonyl (C=O) groups excluding carboxylic acids is 2. The SMILES string of the molecule is CCC(C(=O)NC(C)C)N(Cc1ccc(Cl)cc1)C(=O)CN(c1ccc(Cl)cc1C)S(=O)(=O)c1ccccc1. The van der Waals surface area contributed by atoms with Gasteiger partial charge in [0, 0.05) is 22.6 Å². The van der Waals surface area contributed by atoms with Crippen LogP contribution in [0.15, 0.2) is 77.7 Å². The van der Waals surface area contributed by atoms with E-state index in [2.05, 4.69) is 5.32 Å². The molecule has 0 aliphatic heterocycles. The van der Waals surface area contributed by atoms with Crippen molar-refractivity contribution in [2.45, 2.75) is 57.6 Å². The Kier molecular flexibility index (Phi) is 10.4. The summed E-state index contributed by atoms with van der Waals surface area (Å²) in [4.78, 5) is 28.7. The summed E-state index contributed by atoms with van der Waals surface area (Å²) in [5, 5.41) is 3.87. The van der Waals surface area contributed by atoms with Crippen molar-refractivity contribution < 1.29 is 18.0 Å². The number of aryl methyl sites for hydroxylation is 1. The number of hydrogen-bond donors (Lipinski definition) is 1. The highest BCUT2D eigenvalue weighted by molar-refractivity contribution is 7.92. The maximum atomic E-state index is 14.0. The zero-order valence-corrected chi connectivity index (χ0v) is 24.7. The van der Waals surface area contributed by atoms with Crippen molar-refractivity contribution in [3.8, 4) is 0 Å². The van der Waals surface area contributed by atoms with Crippen molar-refractivity contribution in [1.82, 2.24) is 10.2 Å². The molecule has 1 atom stereocenters. The molecule has 3 aromatic rings. The normalized spacial score (nSPS) is 12.2. The van der Waals surface area contributed by atoms with Crippen LogP contribution in [-0.2, 0) is 26.2 Å². The minimum atomic E-state index is -4.14. The lowest BCUT2D eigenvalue weighted by Crippen LogP contribution is -2.53. The Labute approximate surface area is 240 Å². The van der Waals surface area contributed by atoms with Crippen molar-refractivity contribution in [3.63, 3.8) is 0 Å². The number of halogens is 2. The van der Waals surface area contributed by atoms with Gasteiger partial charge in [-0.25, -0.2) is 8.42 Å². The largest absolute Gasteiger partial charge is 0.352 e. The van der Waals surface area contributed by atoms with Crippen molar-refractivity contribution >= 4 is 50.7 Å². The second-order valence-electron chi connectivity index (χ2n) is 9.49. The highest BCUT2D eigenvalue weighted by Gasteiger charge is 2.34. The number of amides is 2. The third-order valence-electron chi connectivity index (χ3n) is 6.12. The molecule has 0 aliphatic carbocycles. The smallest absolute Gasteiger partial charge is 0.264 e. The van der Waals surface area contributed by atoms with Crippen LogP contribution >= 0.6 is 23.2 Å². The van der Waals surface area contributed by atoms with Crippen LogP contribution in [0.25, 0.3) is 0 Å². The van der Waals surface area contributed by atoms with Crippen molar-refractivity contribution in [2.75, 3.05) is 10.8 Å². The summed E-state index contributed by atoms with van der Waals surface area (Å²) in [6, 6.07) is 18.7. The average Bonchev–Trinajstić information content (AvgIpc) is 2.88. The van der Waals surface area contributed by atoms with Crippen molar-refractivity contribution in [1.29, 1.82) is 0 Å². The van der Waals surface area contributed by atoms with E-state index in [4.69, 9.17) is 23.2 Å². The van der Waals surface area contributed by atoms with E-state index in [1.807, 2.05) is 20.8 Å². The molecule has 10 heteroatoms. The molecule has 0 aliphatic rings. The highest BCUT2D eigenvalue weighted by Crippen LogP contribution is 2.29. The van der Waals surface area contributed by atoms with E-state index >= 15 is 0 Å². The fraction of sp³-hybridized carbons (Fsp3) is 0.310. The van der Waals surface area contributed by atoms with Gasteiger partial charge < -0.3 is 10.2 Å². The van der Waals surface area contributed by atoms with E-state index in [0.29, 0.717) is 27.7 Å². The quantitative estimate of drug-likeness (QED) is 0.305. The van der Waals surface area contributed by atoms with Crippen LogP contribution in [0.5, 0.6) is 0 Å². The standard InChI is InChI=1S/C29H33Cl2N3O4S/c1-5-26(29(36)32-20(2)3)33(18-22-11-13-23(30)14-12-22)28(35)19-34(27-16-15-24(31)17-21(27)4)39(37,38)25-9-7-6-8-10-25/h6-17,20,26H,5,18-19H2,1-4H3,(H,32,36). The summed E-state index contributed by atoms with van der Waals surface area (Å²) in [6.07, 6.45) is 0.337. The molecule has 0 fully saturated rings. The molecule has 3 aromatic carbocycles. The van der Waals surface area contributed by atoms with Gasteiger partial charge in [0.1, 0.15) is 12.6 Å². The lowest BCUT2D eigenvalue weighted by Gasteiger charge is -2.34. The van der Waals surface area contributed by atoms with Gasteiger partial charge >= 0.3 is 0 Å². The topological polar surface area (TPSA) is 86.8 Å². The number of carbonyl (C=O) groups is 2. The predicted octanol–water partition coefficient (Wildman–Crippen LogP) is 5.83. The molecule has 0 bridgehead atoms. The van der Waals surface area contributed by atoms with E-state index in [0.717, 1.165) is 9.87 Å². The van der Waals surface area contributed by atoms with Crippen LogP contribution in [-0.4, -0.2) is 43.8 Å². The fourth-order valence-corrected chi connectivity index (χ4v) is 6.07. The fourth-order valence-electron chi connectivity index (χ4n) is 4.22. The third-order valence-corrected chi connectivity index (χ3v) is 8.38. The number of rotatable bonds is 11. The van der Waals surface area contributed by atoms with Crippen LogP contribution in [0, 0.1) is 6.92 Å². The van der Waals surface area contributed by atoms with E-state index in [1.54, 1.807) is 67.6 Å². The van der Waals surface area contributed by atoms with E-state index in [1.165, 1.54) is 17.0 Å². The van der Waals surface area contributed by atoms with Gasteiger partial charge in [0.15, 0.2) is 0 Å². The molecule has 3 rings (SSSR count). The number of sulfonamides is 1. The van der Waals surface area contributed by atoms with E-state index < -0.39 is 28.5 Å². The number of nitrogens with one attached hydrogen (secondary N) is 1. The first-order valence-electron chi connectivity index (χ1n) is 12.6. The van der Waals surface area contributed by atoms with Gasteiger partial charge in [-0.3, -0.25) is 13.9 Å². The molecule has 0 saturated carbocycles. The van der Waals surface area contributed by atoms with Crippen LogP contribution in [0.1, 0.15) is 38.3 Å². The first-order valence-corrected chi connectivity index (χ1v) is 14.8. The Bertz CT molecular complexity index is 1400. The second kappa shape index (κ2) is 13.3. The molecule has 0 saturated heterocycles. The molecule has 1 N–H and O–H groups in total. The van der Waals surface area contributed by atoms with Gasteiger partial charge in [-0.15, -0.1) is 0 Å². The lowest BCUT2D eigenvalue weighted by atomic mass is 10.1. The molecular weight excluding hydrogens is 557 g/mol. The van der Waals surface area contributed by atoms with Gasteiger partial charge in [-0.05, 0) is 80.8 Å². The highest BCUT2D eigenvalue weighted by atomic mass is 35.5. The zero-order chi connectivity index (χ0) is 28.7. The summed E-state index contributed by atoms with van der Waals surface area (Å²) >= 11 is 12.2. The summed E-state index contributed by atoms with van der Waals surface area (Å²) in [7, 11) is -4.14. The predicted molar refractivity (Wildman–Crippen MR) is 157 cm³/mol. The number of anilines is 1. The minimum absolute atomic E-state index is 0.0426. The van der Waals surface area contributed by atoms with Crippen LogP contribution in [0.2, 0.25) is 10.0 Å². The number of nitrogens with zero attached hydrogens (tertiary/aromatic N) is 2. The summed E-state index contributed by atoms with van der Waals surface area (Å²) in [5.74, 6) is -0.834. The Hall–Kier alpha value is -3.07. The van der Waals surface area contributed by atoms with E-state index in [9.17, 15) is 18.0 Å². The van der Waals surface area contributed by atoms with Crippen molar-refractivity contribution in [2.24, 2.45) is 0 Å². The maximum Gasteiger partial charge on any atom is 0.264 e. The van der Waals surface area contributed by atoms with Gasteiger partial charge in [0.25, 0.3) is 10.0 Å². The lowest BCUT2D eigenvalue weighted by molar-refractivity contribution is -0.140. The van der Waals surface area contributed by atoms with Gasteiger partial charge in [-0.2, -0.15) is 0 Å². The van der Waals surface area contributed by atoms with Crippen LogP contribution in [0.4, 0.5) is 5.69 Å². The minimum Gasteiger partial charge on any atom is -0.352 e. The molecule has 0 heterocycles. The van der Waals surface area contributed by atoms with E-state index in [-0.39, 0.29) is 23.4 Å². The molecule has 0 aromatic heterocycles. The Morgan fingerprint density at radius 2 is 1.54 bits per heavy atom. The Morgan fingerprint density at radius 3 is 2.10 bits per heavy atom. The molecule has 208 valence electrons. The number of benzene rings is 3. The first kappa shape index (κ1) is 30.5. The molecule has 0 spiro atoms. The van der Waals surface area contributed by atoms with Crippen LogP contribution in [0.3, 0.4) is 0 Å². The zero-order valence-electron chi connectivity index (χ0n) is 22.4. The molecule has 0 radical (unpaired) electrons. The summed E-state index contributed by atoms with van der Waals surface area (Å²) < 4.78 is 28.8. The Balaban J connectivity index is 2.08. The molecular formula is C29H33Cl2N3O4S. The molecule has 39 heavy (non-hydrogen) atoms. The Morgan fingerprint density at radius 1 is 0.923 bits per heavy atom. The van der Waals surface area contributed by atoms with Gasteiger partial charge in [-0.1, -0.05) is 60.5 Å². The average molecular weight is 591 g/mol. The summed E-state index contributed by atoms with van der Waals surface area (Å²) in [5.41, 5.74) is 1.66. The van der Waals surface area contributed by atoms with Gasteiger partial charge in [0.05, 0.1) is 10.6 Å². The maximum absolute atomic E-state index is 14.0. The van der Waals surface area contributed by atoms with Crippen LogP contribution < -0.4 is 9.62 Å². The molecule has 1 unspecified atom stereocenters. The van der Waals surface area contributed by atoms with Gasteiger partial charge in [0.2, 0.25) is 11.8 Å². The molecule has 2 amide bonds. The molecule has 7 nitrogen and oxygen atoms in total. The second-order valence-corrected chi connectivity index (χ2v) is 12.2. The summed E-state index contributed by atoms with van der Waals surface area (Å²) in [6.45, 7) is 6.81.